The number of carbonyl (C=O) groups is 4. The number of nitrogens with one attached hydrogen (secondary N) is 4. The van der Waals surface area contributed by atoms with E-state index < -0.39 is 173 Å². The van der Waals surface area contributed by atoms with Crippen LogP contribution in [0.2, 0.25) is 0 Å². The van der Waals surface area contributed by atoms with Gasteiger partial charge in [-0.15, -0.1) is 0 Å². The molecule has 4 rings (SSSR count). The fourth-order valence-electron chi connectivity index (χ4n) is 6.86. The first kappa shape index (κ1) is 46.9. The molecule has 25 nitrogen and oxygen atoms in total. The van der Waals surface area contributed by atoms with Crippen molar-refractivity contribution in [2.75, 3.05) is 26.4 Å². The molecule has 0 unspecified atom stereocenters. The third kappa shape index (κ3) is 11.5. The van der Waals surface area contributed by atoms with Crippen molar-refractivity contribution in [1.29, 1.82) is 0 Å². The van der Waals surface area contributed by atoms with Crippen molar-refractivity contribution in [3.63, 3.8) is 0 Å². The molecule has 0 aliphatic carbocycles. The summed E-state index contributed by atoms with van der Waals surface area (Å²) in [4.78, 5) is 47.4. The van der Waals surface area contributed by atoms with Gasteiger partial charge in [-0.05, 0) is 0 Å². The van der Waals surface area contributed by atoms with E-state index in [-0.39, 0.29) is 0 Å². The average Bonchev–Trinajstić information content (AvgIpc) is 3.13. The highest BCUT2D eigenvalue weighted by atomic mass is 16.7. The van der Waals surface area contributed by atoms with Crippen LogP contribution in [-0.4, -0.2) is 224 Å². The Bertz CT molecular complexity index is 1370. The molecule has 0 aromatic carbocycles. The van der Waals surface area contributed by atoms with Gasteiger partial charge in [-0.1, -0.05) is 0 Å². The molecule has 0 aromatic rings. The summed E-state index contributed by atoms with van der Waals surface area (Å²) in [5.41, 5.74) is 0. The number of aliphatic hydroxyl groups excluding tert-OH is 10. The van der Waals surface area contributed by atoms with E-state index in [0.717, 1.165) is 27.7 Å². The molecule has 0 saturated carbocycles. The minimum absolute atomic E-state index is 0.625. The van der Waals surface area contributed by atoms with E-state index in [2.05, 4.69) is 21.3 Å². The SMILES string of the molecule is CC(=O)N[C@@H]1[C@@H](O)[C@H](O)[C@@H](CO[C@@H]2O[C@H](CO[C@@H]3O[C@H](CO[C@@H]4O[C@H](CO)[C@@H](O)[C@H](O)[C@H]4NC(C)=O)[C@@H](O)[C@H](O)[C@H]3NC(C)=O)[C@@H](O)[C@H](O)[C@H]2NC(C)=O)O[C@H]1O. The Morgan fingerprint density at radius 3 is 1.00 bits per heavy atom. The van der Waals surface area contributed by atoms with Crippen molar-refractivity contribution in [1.82, 2.24) is 21.3 Å². The molecule has 25 heteroatoms. The standard InChI is InChI=1S/C32H54N4O21/c1-9(38)33-17-25(46)22(43)14(54-29(17)50)6-51-31-19(35-11(3)40)27(48)24(45)16(56-31)8-53-32-20(36-12(4)41)28(49)23(44)15(57-32)7-52-30-18(34-10(2)39)26(47)21(42)13(5-37)55-30/h13-32,37,42-50H,5-8H2,1-4H3,(H,33,38)(H,34,39)(H,35,40)(H,36,41)/t13-,14-,15-,16-,17-,18-,19-,20-,21-,22-,23-,24-,25-,26-,27-,28-,29-,30-,31-,32-/m1/s1. The summed E-state index contributed by atoms with van der Waals surface area (Å²) in [7, 11) is 0. The summed E-state index contributed by atoms with van der Waals surface area (Å²) in [6.07, 6.45) is -26.2. The van der Waals surface area contributed by atoms with E-state index in [1.165, 1.54) is 0 Å². The second-order valence-corrected chi connectivity index (χ2v) is 14.2. The van der Waals surface area contributed by atoms with E-state index in [1.54, 1.807) is 0 Å². The molecule has 0 bridgehead atoms. The van der Waals surface area contributed by atoms with E-state index in [0.29, 0.717) is 0 Å². The first-order chi connectivity index (χ1) is 26.7. The van der Waals surface area contributed by atoms with Gasteiger partial charge in [0, 0.05) is 27.7 Å². The number of amides is 4. The molecule has 4 saturated heterocycles. The Kier molecular flexibility index (Phi) is 16.8. The highest BCUT2D eigenvalue weighted by Crippen LogP contribution is 2.29. The van der Waals surface area contributed by atoms with Gasteiger partial charge < -0.3 is 105 Å². The normalized spacial score (nSPS) is 43.8. The van der Waals surface area contributed by atoms with Crippen LogP contribution in [0.25, 0.3) is 0 Å². The van der Waals surface area contributed by atoms with Gasteiger partial charge in [-0.25, -0.2) is 0 Å². The smallest absolute Gasteiger partial charge is 0.217 e. The van der Waals surface area contributed by atoms with Crippen molar-refractivity contribution in [3.05, 3.63) is 0 Å². The van der Waals surface area contributed by atoms with Crippen molar-refractivity contribution >= 4 is 23.6 Å². The summed E-state index contributed by atoms with van der Waals surface area (Å²) in [6, 6.07) is -5.65. The molecule has 0 radical (unpaired) electrons. The second-order valence-electron chi connectivity index (χ2n) is 14.2. The van der Waals surface area contributed by atoms with Crippen molar-refractivity contribution in [3.8, 4) is 0 Å². The number of carbonyl (C=O) groups excluding carboxylic acids is 4. The largest absolute Gasteiger partial charge is 0.394 e. The molecule has 4 heterocycles. The van der Waals surface area contributed by atoms with E-state index in [1.807, 2.05) is 0 Å². The van der Waals surface area contributed by atoms with E-state index in [4.69, 9.17) is 33.2 Å². The molecule has 20 atom stereocenters. The molecule has 4 fully saturated rings. The Balaban J connectivity index is 1.47. The predicted molar refractivity (Wildman–Crippen MR) is 180 cm³/mol. The Hall–Kier alpha value is -2.80. The van der Waals surface area contributed by atoms with Crippen LogP contribution in [0, 0.1) is 0 Å². The molecule has 14 N–H and O–H groups in total. The van der Waals surface area contributed by atoms with E-state index in [9.17, 15) is 70.2 Å². The fraction of sp³-hybridized carbons (Fsp3) is 0.875. The minimum atomic E-state index is -1.80. The summed E-state index contributed by atoms with van der Waals surface area (Å²) < 4.78 is 39.8. The maximum Gasteiger partial charge on any atom is 0.217 e. The number of rotatable bonds is 14. The monoisotopic (exact) mass is 830 g/mol. The first-order valence-electron chi connectivity index (χ1n) is 18.0. The molecular formula is C32H54N4O21. The molecule has 0 spiro atoms. The van der Waals surface area contributed by atoms with Gasteiger partial charge in [0.2, 0.25) is 23.6 Å². The van der Waals surface area contributed by atoms with Gasteiger partial charge in [-0.3, -0.25) is 19.2 Å². The van der Waals surface area contributed by atoms with Crippen LogP contribution < -0.4 is 21.3 Å². The van der Waals surface area contributed by atoms with Gasteiger partial charge in [0.1, 0.15) is 97.4 Å². The van der Waals surface area contributed by atoms with Gasteiger partial charge in [0.25, 0.3) is 0 Å². The quantitative estimate of drug-likeness (QED) is 0.0773. The summed E-state index contributed by atoms with van der Waals surface area (Å²) in [6.45, 7) is 1.76. The Morgan fingerprint density at radius 2 is 0.684 bits per heavy atom. The first-order valence-corrected chi connectivity index (χ1v) is 18.0. The van der Waals surface area contributed by atoms with E-state index >= 15 is 0 Å². The molecule has 4 amide bonds. The maximum absolute atomic E-state index is 12.1. The minimum Gasteiger partial charge on any atom is -0.394 e. The molecule has 4 aliphatic heterocycles. The molecule has 4 aliphatic rings. The summed E-state index contributed by atoms with van der Waals surface area (Å²) in [5, 5.41) is 115. The van der Waals surface area contributed by atoms with Crippen LogP contribution in [0.5, 0.6) is 0 Å². The van der Waals surface area contributed by atoms with Crippen molar-refractivity contribution < 1.29 is 103 Å². The lowest BCUT2D eigenvalue weighted by Gasteiger charge is -2.46. The molecular weight excluding hydrogens is 776 g/mol. The molecule has 328 valence electrons. The number of ether oxygens (including phenoxy) is 7. The third-order valence-electron chi connectivity index (χ3n) is 9.76. The lowest BCUT2D eigenvalue weighted by molar-refractivity contribution is -0.320. The third-order valence-corrected chi connectivity index (χ3v) is 9.76. The summed E-state index contributed by atoms with van der Waals surface area (Å²) in [5.74, 6) is -2.62. The van der Waals surface area contributed by atoms with Crippen LogP contribution in [0.3, 0.4) is 0 Å². The lowest BCUT2D eigenvalue weighted by atomic mass is 9.95. The Labute approximate surface area is 325 Å². The highest BCUT2D eigenvalue weighted by molar-refractivity contribution is 5.74. The number of hydrogen-bond acceptors (Lipinski definition) is 21. The number of hydrogen-bond donors (Lipinski definition) is 14. The van der Waals surface area contributed by atoms with Crippen LogP contribution in [0.1, 0.15) is 27.7 Å². The average molecular weight is 831 g/mol. The topological polar surface area (TPSA) is 383 Å². The number of aliphatic hydroxyl groups is 10. The zero-order valence-electron chi connectivity index (χ0n) is 31.3. The van der Waals surface area contributed by atoms with Crippen LogP contribution >= 0.6 is 0 Å². The fourth-order valence-corrected chi connectivity index (χ4v) is 6.86. The second kappa shape index (κ2) is 20.4. The molecule has 57 heavy (non-hydrogen) atoms. The maximum atomic E-state index is 12.1. The highest BCUT2D eigenvalue weighted by Gasteiger charge is 2.51. The van der Waals surface area contributed by atoms with Crippen LogP contribution in [0.15, 0.2) is 0 Å². The Morgan fingerprint density at radius 1 is 0.421 bits per heavy atom. The van der Waals surface area contributed by atoms with Gasteiger partial charge in [-0.2, -0.15) is 0 Å². The zero-order chi connectivity index (χ0) is 42.5. The molecule has 0 aromatic heterocycles. The lowest BCUT2D eigenvalue weighted by Crippen LogP contribution is -2.67. The van der Waals surface area contributed by atoms with Gasteiger partial charge >= 0.3 is 0 Å². The summed E-state index contributed by atoms with van der Waals surface area (Å²) >= 11 is 0. The van der Waals surface area contributed by atoms with Gasteiger partial charge in [0.15, 0.2) is 25.2 Å². The van der Waals surface area contributed by atoms with Crippen molar-refractivity contribution in [2.24, 2.45) is 0 Å². The van der Waals surface area contributed by atoms with Crippen LogP contribution in [-0.2, 0) is 52.3 Å². The van der Waals surface area contributed by atoms with Crippen LogP contribution in [0.4, 0.5) is 0 Å². The predicted octanol–water partition coefficient (Wildman–Crippen LogP) is -9.17. The van der Waals surface area contributed by atoms with Gasteiger partial charge in [0.05, 0.1) is 26.4 Å². The zero-order valence-corrected chi connectivity index (χ0v) is 31.3. The van der Waals surface area contributed by atoms with Crippen molar-refractivity contribution in [2.45, 2.75) is 150 Å².